The fourth-order valence-corrected chi connectivity index (χ4v) is 3.80. The van der Waals surface area contributed by atoms with Crippen molar-refractivity contribution >= 4 is 5.91 Å². The summed E-state index contributed by atoms with van der Waals surface area (Å²) in [6.07, 6.45) is 4.01. The van der Waals surface area contributed by atoms with Crippen LogP contribution in [0.1, 0.15) is 48.8 Å². The lowest BCUT2D eigenvalue weighted by Gasteiger charge is -2.46. The summed E-state index contributed by atoms with van der Waals surface area (Å²) in [7, 11) is 1.82. The summed E-state index contributed by atoms with van der Waals surface area (Å²) in [5.41, 5.74) is 1.44. The van der Waals surface area contributed by atoms with Gasteiger partial charge in [-0.05, 0) is 39.2 Å². The number of ether oxygens (including phenoxy) is 2. The molecule has 1 amide bonds. The number of aryl methyl sites for hydroxylation is 2. The molecular weight excluding hydrogens is 294 g/mol. The molecule has 2 aliphatic rings. The second-order valence-electron chi connectivity index (χ2n) is 6.69. The smallest absolute Gasteiger partial charge is 0.272 e. The number of nitrogens with zero attached hydrogens (tertiary/aromatic N) is 3. The molecule has 1 atom stereocenters. The lowest BCUT2D eigenvalue weighted by atomic mass is 9.83. The highest BCUT2D eigenvalue weighted by Gasteiger charge is 2.41. The van der Waals surface area contributed by atoms with Gasteiger partial charge >= 0.3 is 0 Å². The Morgan fingerprint density at radius 3 is 2.83 bits per heavy atom. The highest BCUT2D eigenvalue weighted by molar-refractivity contribution is 5.92. The zero-order chi connectivity index (χ0) is 16.4. The Bertz CT molecular complexity index is 559. The molecule has 6 heteroatoms. The molecule has 0 bridgehead atoms. The van der Waals surface area contributed by atoms with Crippen molar-refractivity contribution < 1.29 is 14.3 Å². The third-order valence-corrected chi connectivity index (χ3v) is 5.03. The minimum atomic E-state index is -0.1000. The van der Waals surface area contributed by atoms with E-state index < -0.39 is 0 Å². The van der Waals surface area contributed by atoms with Gasteiger partial charge in [-0.1, -0.05) is 0 Å². The predicted molar refractivity (Wildman–Crippen MR) is 86.4 cm³/mol. The van der Waals surface area contributed by atoms with E-state index in [-0.39, 0.29) is 11.5 Å². The van der Waals surface area contributed by atoms with E-state index in [9.17, 15) is 4.79 Å². The molecule has 3 heterocycles. The standard InChI is InChI=1S/C17H27N3O3/c1-4-22-14-5-10-23-17(12-14)6-8-20(9-7-17)16(21)15-11-13(2)18-19(15)3/h11,14H,4-10,12H2,1-3H3. The molecule has 0 N–H and O–H groups in total. The molecule has 6 nitrogen and oxygen atoms in total. The normalized spacial score (nSPS) is 24.1. The highest BCUT2D eigenvalue weighted by Crippen LogP contribution is 2.36. The molecule has 0 aliphatic carbocycles. The monoisotopic (exact) mass is 321 g/mol. The molecule has 2 aliphatic heterocycles. The Hall–Kier alpha value is -1.40. The topological polar surface area (TPSA) is 56.6 Å². The van der Waals surface area contributed by atoms with Gasteiger partial charge in [0.15, 0.2) is 0 Å². The fourth-order valence-electron chi connectivity index (χ4n) is 3.80. The maximum atomic E-state index is 12.7. The van der Waals surface area contributed by atoms with Gasteiger partial charge < -0.3 is 14.4 Å². The molecule has 0 radical (unpaired) electrons. The molecule has 3 rings (SSSR count). The number of piperidine rings is 1. The molecule has 1 aromatic rings. The maximum Gasteiger partial charge on any atom is 0.272 e. The number of hydrogen-bond acceptors (Lipinski definition) is 4. The zero-order valence-corrected chi connectivity index (χ0v) is 14.4. The Labute approximate surface area is 137 Å². The Balaban J connectivity index is 1.62. The van der Waals surface area contributed by atoms with Crippen LogP contribution in [-0.4, -0.2) is 58.6 Å². The van der Waals surface area contributed by atoms with E-state index in [4.69, 9.17) is 9.47 Å². The molecule has 1 spiro atoms. The van der Waals surface area contributed by atoms with Crippen molar-refractivity contribution in [2.75, 3.05) is 26.3 Å². The van der Waals surface area contributed by atoms with Gasteiger partial charge in [-0.15, -0.1) is 0 Å². The van der Waals surface area contributed by atoms with Gasteiger partial charge in [0.2, 0.25) is 0 Å². The van der Waals surface area contributed by atoms with E-state index >= 15 is 0 Å². The summed E-state index contributed by atoms with van der Waals surface area (Å²) in [6.45, 7) is 6.94. The molecule has 2 saturated heterocycles. The van der Waals surface area contributed by atoms with Crippen LogP contribution in [0.5, 0.6) is 0 Å². The van der Waals surface area contributed by atoms with Crippen LogP contribution in [0.15, 0.2) is 6.07 Å². The third kappa shape index (κ3) is 3.43. The van der Waals surface area contributed by atoms with Crippen molar-refractivity contribution in [2.45, 2.75) is 51.2 Å². The van der Waals surface area contributed by atoms with Gasteiger partial charge in [0.05, 0.1) is 17.4 Å². The number of carbonyl (C=O) groups excluding carboxylic acids is 1. The Morgan fingerprint density at radius 2 is 2.22 bits per heavy atom. The van der Waals surface area contributed by atoms with Crippen molar-refractivity contribution in [3.05, 3.63) is 17.5 Å². The molecule has 0 aromatic carbocycles. The van der Waals surface area contributed by atoms with Gasteiger partial charge in [0, 0.05) is 39.8 Å². The van der Waals surface area contributed by atoms with Crippen molar-refractivity contribution in [3.63, 3.8) is 0 Å². The number of carbonyl (C=O) groups is 1. The summed E-state index contributed by atoms with van der Waals surface area (Å²) < 4.78 is 13.6. The first kappa shape index (κ1) is 16.5. The average Bonchev–Trinajstić information content (AvgIpc) is 2.86. The number of rotatable bonds is 3. The number of likely N-dealkylation sites (tertiary alicyclic amines) is 1. The average molecular weight is 321 g/mol. The first-order valence-corrected chi connectivity index (χ1v) is 8.58. The summed E-state index contributed by atoms with van der Waals surface area (Å²) in [5, 5.41) is 4.27. The fraction of sp³-hybridized carbons (Fsp3) is 0.765. The Kier molecular flexibility index (Phi) is 4.73. The zero-order valence-electron chi connectivity index (χ0n) is 14.4. The molecule has 2 fully saturated rings. The van der Waals surface area contributed by atoms with Crippen molar-refractivity contribution in [1.29, 1.82) is 0 Å². The van der Waals surface area contributed by atoms with E-state index in [1.807, 2.05) is 31.9 Å². The first-order chi connectivity index (χ1) is 11.0. The molecular formula is C17H27N3O3. The second kappa shape index (κ2) is 6.61. The van der Waals surface area contributed by atoms with E-state index in [1.165, 1.54) is 0 Å². The largest absolute Gasteiger partial charge is 0.378 e. The van der Waals surface area contributed by atoms with Gasteiger partial charge in [-0.3, -0.25) is 9.48 Å². The van der Waals surface area contributed by atoms with Crippen molar-refractivity contribution in [3.8, 4) is 0 Å². The molecule has 128 valence electrons. The minimum absolute atomic E-state index is 0.0696. The molecule has 0 saturated carbocycles. The van der Waals surface area contributed by atoms with Gasteiger partial charge in [-0.25, -0.2) is 0 Å². The highest BCUT2D eigenvalue weighted by atomic mass is 16.5. The summed E-state index contributed by atoms with van der Waals surface area (Å²) in [5.74, 6) is 0.0696. The van der Waals surface area contributed by atoms with Crippen molar-refractivity contribution in [1.82, 2.24) is 14.7 Å². The van der Waals surface area contributed by atoms with E-state index in [2.05, 4.69) is 5.10 Å². The molecule has 23 heavy (non-hydrogen) atoms. The summed E-state index contributed by atoms with van der Waals surface area (Å²) in [4.78, 5) is 14.6. The molecule has 1 aromatic heterocycles. The third-order valence-electron chi connectivity index (χ3n) is 5.03. The van der Waals surface area contributed by atoms with Crippen LogP contribution in [0, 0.1) is 6.92 Å². The van der Waals surface area contributed by atoms with Crippen LogP contribution in [0.2, 0.25) is 0 Å². The van der Waals surface area contributed by atoms with Crippen LogP contribution in [0.3, 0.4) is 0 Å². The van der Waals surface area contributed by atoms with Crippen LogP contribution in [0.4, 0.5) is 0 Å². The summed E-state index contributed by atoms with van der Waals surface area (Å²) >= 11 is 0. The number of amides is 1. The lowest BCUT2D eigenvalue weighted by Crippen LogP contribution is -2.52. The quantitative estimate of drug-likeness (QED) is 0.853. The van der Waals surface area contributed by atoms with E-state index in [1.54, 1.807) is 4.68 Å². The summed E-state index contributed by atoms with van der Waals surface area (Å²) in [6, 6.07) is 1.86. The number of hydrogen-bond donors (Lipinski definition) is 0. The number of aromatic nitrogens is 2. The first-order valence-electron chi connectivity index (χ1n) is 8.58. The van der Waals surface area contributed by atoms with Crippen LogP contribution < -0.4 is 0 Å². The predicted octanol–water partition coefficient (Wildman–Crippen LogP) is 1.92. The van der Waals surface area contributed by atoms with Gasteiger partial charge in [-0.2, -0.15) is 5.10 Å². The van der Waals surface area contributed by atoms with Gasteiger partial charge in [0.1, 0.15) is 5.69 Å². The Morgan fingerprint density at radius 1 is 1.48 bits per heavy atom. The van der Waals surface area contributed by atoms with E-state index in [0.29, 0.717) is 11.8 Å². The molecule has 1 unspecified atom stereocenters. The lowest BCUT2D eigenvalue weighted by molar-refractivity contribution is -0.151. The van der Waals surface area contributed by atoms with Gasteiger partial charge in [0.25, 0.3) is 5.91 Å². The van der Waals surface area contributed by atoms with Crippen molar-refractivity contribution in [2.24, 2.45) is 7.05 Å². The maximum absolute atomic E-state index is 12.7. The van der Waals surface area contributed by atoms with Crippen LogP contribution in [-0.2, 0) is 16.5 Å². The minimum Gasteiger partial charge on any atom is -0.378 e. The van der Waals surface area contributed by atoms with Crippen LogP contribution >= 0.6 is 0 Å². The SMILES string of the molecule is CCOC1CCOC2(CCN(C(=O)c3cc(C)nn3C)CC2)C1. The van der Waals surface area contributed by atoms with E-state index in [0.717, 1.165) is 57.7 Å². The van der Waals surface area contributed by atoms with Crippen LogP contribution in [0.25, 0.3) is 0 Å². The second-order valence-corrected chi connectivity index (χ2v) is 6.69.